The summed E-state index contributed by atoms with van der Waals surface area (Å²) < 4.78 is 38.2. The van der Waals surface area contributed by atoms with E-state index in [1.807, 2.05) is 0 Å². The summed E-state index contributed by atoms with van der Waals surface area (Å²) in [7, 11) is 4.72. The largest absolute Gasteiger partial charge is 0.460 e. The molecule has 0 atom stereocenters. The first-order valence-corrected chi connectivity index (χ1v) is 14.9. The van der Waals surface area contributed by atoms with Crippen molar-refractivity contribution in [2.75, 3.05) is 61.0 Å². The summed E-state index contributed by atoms with van der Waals surface area (Å²) in [5.41, 5.74) is 2.80. The number of hydrogen-bond acceptors (Lipinski definition) is 9. The monoisotopic (exact) mass is 588 g/mol. The van der Waals surface area contributed by atoms with E-state index in [0.29, 0.717) is 31.5 Å². The fourth-order valence-electron chi connectivity index (χ4n) is 5.72. The average Bonchev–Trinajstić information content (AvgIpc) is 3.00. The molecule has 1 aromatic carbocycles. The first-order valence-electron chi connectivity index (χ1n) is 14.9. The molecule has 2 aliphatic rings. The van der Waals surface area contributed by atoms with Gasteiger partial charge in [-0.1, -0.05) is 25.3 Å². The number of ether oxygens (including phenoxy) is 7. The Labute approximate surface area is 250 Å². The summed E-state index contributed by atoms with van der Waals surface area (Å²) in [5, 5.41) is 0. The van der Waals surface area contributed by atoms with E-state index < -0.39 is 11.9 Å². The Morgan fingerprint density at radius 3 is 1.81 bits per heavy atom. The van der Waals surface area contributed by atoms with Crippen LogP contribution >= 0.6 is 0 Å². The van der Waals surface area contributed by atoms with E-state index in [0.717, 1.165) is 56.9 Å². The van der Waals surface area contributed by atoms with Crippen LogP contribution in [0, 0.1) is 0 Å². The number of carbonyl (C=O) groups excluding carboxylic acids is 2. The van der Waals surface area contributed by atoms with E-state index in [4.69, 9.17) is 33.2 Å². The number of benzene rings is 1. The van der Waals surface area contributed by atoms with Crippen LogP contribution in [-0.2, 0) is 38.0 Å². The van der Waals surface area contributed by atoms with Crippen molar-refractivity contribution in [3.63, 3.8) is 0 Å². The maximum atomic E-state index is 12.8. The van der Waals surface area contributed by atoms with Gasteiger partial charge < -0.3 is 33.2 Å². The fourth-order valence-corrected chi connectivity index (χ4v) is 5.72. The Balaban J connectivity index is 1.58. The predicted molar refractivity (Wildman–Crippen MR) is 159 cm³/mol. The van der Waals surface area contributed by atoms with Gasteiger partial charge in [0.1, 0.15) is 12.4 Å². The molecule has 0 amide bonds. The molecule has 2 saturated carbocycles. The van der Waals surface area contributed by atoms with Crippen molar-refractivity contribution in [2.24, 2.45) is 0 Å². The molecule has 2 fully saturated rings. The first-order chi connectivity index (χ1) is 20.4. The van der Waals surface area contributed by atoms with Crippen LogP contribution in [0.1, 0.15) is 74.3 Å². The van der Waals surface area contributed by atoms with Crippen LogP contribution in [0.5, 0.6) is 5.75 Å². The summed E-state index contributed by atoms with van der Waals surface area (Å²) in [6, 6.07) is 6.39. The lowest BCUT2D eigenvalue weighted by molar-refractivity contribution is -0.142. The first kappa shape index (κ1) is 33.9. The minimum absolute atomic E-state index is 0.0928. The van der Waals surface area contributed by atoms with Crippen LogP contribution in [0.4, 0.5) is 0 Å². The van der Waals surface area contributed by atoms with Gasteiger partial charge in [0.2, 0.25) is 0 Å². The highest BCUT2D eigenvalue weighted by molar-refractivity contribution is 5.90. The molecular formula is C33H48O9. The third kappa shape index (κ3) is 10.6. The SMILES string of the molecule is C=C(COC)C(=O)OCCOC1CCC(c2ccc(C3CCC(OCCOC)CC3)cc2OC(=O)C(=C)COC)CC1. The number of rotatable bonds is 17. The van der Waals surface area contributed by atoms with Crippen LogP contribution in [0.2, 0.25) is 0 Å². The van der Waals surface area contributed by atoms with Gasteiger partial charge >= 0.3 is 11.9 Å². The molecule has 2 aliphatic carbocycles. The summed E-state index contributed by atoms with van der Waals surface area (Å²) in [6.07, 6.45) is 7.96. The standard InChI is InChI=1S/C33H48O9/c1-23(21-37-4)32(34)41-19-18-40-29-13-8-26(9-14-29)30-15-10-27(20-31(30)42-33(35)24(2)22-38-5)25-6-11-28(12-7-25)39-17-16-36-3/h10,15,20,25-26,28-29H,1-2,6-9,11-14,16-19,21-22H2,3-5H3. The molecular weight excluding hydrogens is 540 g/mol. The highest BCUT2D eigenvalue weighted by atomic mass is 16.6. The van der Waals surface area contributed by atoms with Crippen molar-refractivity contribution >= 4 is 11.9 Å². The molecule has 0 aromatic heterocycles. The van der Waals surface area contributed by atoms with Gasteiger partial charge in [0, 0.05) is 21.3 Å². The zero-order valence-corrected chi connectivity index (χ0v) is 25.5. The molecule has 0 radical (unpaired) electrons. The number of hydrogen-bond donors (Lipinski definition) is 0. The zero-order chi connectivity index (χ0) is 30.3. The molecule has 234 valence electrons. The number of esters is 2. The van der Waals surface area contributed by atoms with Crippen molar-refractivity contribution in [3.8, 4) is 5.75 Å². The lowest BCUT2D eigenvalue weighted by Crippen LogP contribution is -2.24. The van der Waals surface area contributed by atoms with Crippen molar-refractivity contribution in [2.45, 2.75) is 75.4 Å². The maximum absolute atomic E-state index is 12.8. The highest BCUT2D eigenvalue weighted by Crippen LogP contribution is 2.42. The van der Waals surface area contributed by atoms with E-state index in [1.165, 1.54) is 19.8 Å². The predicted octanol–water partition coefficient (Wildman–Crippen LogP) is 5.27. The lowest BCUT2D eigenvalue weighted by Gasteiger charge is -2.31. The summed E-state index contributed by atoms with van der Waals surface area (Å²) >= 11 is 0. The van der Waals surface area contributed by atoms with Crippen LogP contribution in [0.25, 0.3) is 0 Å². The molecule has 0 bridgehead atoms. The van der Waals surface area contributed by atoms with Gasteiger partial charge in [-0.2, -0.15) is 0 Å². The van der Waals surface area contributed by atoms with Gasteiger partial charge in [0.15, 0.2) is 0 Å². The Hall–Kier alpha value is -2.56. The van der Waals surface area contributed by atoms with Crippen molar-refractivity contribution in [1.29, 1.82) is 0 Å². The Morgan fingerprint density at radius 2 is 1.24 bits per heavy atom. The van der Waals surface area contributed by atoms with Crippen LogP contribution in [0.3, 0.4) is 0 Å². The molecule has 9 nitrogen and oxygen atoms in total. The van der Waals surface area contributed by atoms with Gasteiger partial charge in [-0.25, -0.2) is 9.59 Å². The quantitative estimate of drug-likeness (QED) is 0.104. The van der Waals surface area contributed by atoms with E-state index >= 15 is 0 Å². The van der Waals surface area contributed by atoms with Crippen LogP contribution in [0.15, 0.2) is 42.5 Å². The Kier molecular flexibility index (Phi) is 14.7. The van der Waals surface area contributed by atoms with E-state index in [9.17, 15) is 9.59 Å². The molecule has 1 aromatic rings. The van der Waals surface area contributed by atoms with Crippen LogP contribution in [-0.4, -0.2) is 85.1 Å². The van der Waals surface area contributed by atoms with Gasteiger partial charge in [-0.05, 0) is 80.4 Å². The second-order valence-corrected chi connectivity index (χ2v) is 11.1. The van der Waals surface area contributed by atoms with E-state index in [2.05, 4.69) is 31.4 Å². The molecule has 0 spiro atoms. The smallest absolute Gasteiger partial charge is 0.341 e. The Bertz CT molecular complexity index is 1020. The fraction of sp³-hybridized carbons (Fsp3) is 0.636. The molecule has 0 aliphatic heterocycles. The summed E-state index contributed by atoms with van der Waals surface area (Å²) in [5.74, 6) is 0.320. The van der Waals surface area contributed by atoms with Gasteiger partial charge in [-0.3, -0.25) is 0 Å². The van der Waals surface area contributed by atoms with Crippen LogP contribution < -0.4 is 4.74 Å². The second-order valence-electron chi connectivity index (χ2n) is 11.1. The van der Waals surface area contributed by atoms with Gasteiger partial charge in [0.25, 0.3) is 0 Å². The normalized spacial score (nSPS) is 22.4. The topological polar surface area (TPSA) is 98.8 Å². The maximum Gasteiger partial charge on any atom is 0.341 e. The molecule has 0 unspecified atom stereocenters. The number of carbonyl (C=O) groups is 2. The molecule has 9 heteroatoms. The highest BCUT2D eigenvalue weighted by Gasteiger charge is 2.28. The molecule has 0 heterocycles. The zero-order valence-electron chi connectivity index (χ0n) is 25.5. The van der Waals surface area contributed by atoms with Gasteiger partial charge in [0.05, 0.1) is 56.4 Å². The van der Waals surface area contributed by atoms with Crippen molar-refractivity contribution < 1.29 is 42.7 Å². The molecule has 0 saturated heterocycles. The number of methoxy groups -OCH3 is 3. The molecule has 42 heavy (non-hydrogen) atoms. The molecule has 0 N–H and O–H groups in total. The average molecular weight is 589 g/mol. The third-order valence-electron chi connectivity index (χ3n) is 8.03. The summed E-state index contributed by atoms with van der Waals surface area (Å²) in [6.45, 7) is 9.49. The Morgan fingerprint density at radius 1 is 0.690 bits per heavy atom. The second kappa shape index (κ2) is 18.2. The van der Waals surface area contributed by atoms with Gasteiger partial charge in [-0.15, -0.1) is 0 Å². The van der Waals surface area contributed by atoms with E-state index in [-0.39, 0.29) is 49.1 Å². The molecule has 3 rings (SSSR count). The van der Waals surface area contributed by atoms with Crippen molar-refractivity contribution in [3.05, 3.63) is 53.6 Å². The van der Waals surface area contributed by atoms with E-state index in [1.54, 1.807) is 7.11 Å². The third-order valence-corrected chi connectivity index (χ3v) is 8.03. The lowest BCUT2D eigenvalue weighted by atomic mass is 9.79. The summed E-state index contributed by atoms with van der Waals surface area (Å²) in [4.78, 5) is 24.7. The van der Waals surface area contributed by atoms with Crippen molar-refractivity contribution in [1.82, 2.24) is 0 Å². The minimum atomic E-state index is -0.467. The minimum Gasteiger partial charge on any atom is -0.460 e.